The van der Waals surface area contributed by atoms with Crippen LogP contribution in [-0.2, 0) is 15.0 Å². The number of hydrogen-bond acceptors (Lipinski definition) is 3. The zero-order chi connectivity index (χ0) is 16.2. The third-order valence-corrected chi connectivity index (χ3v) is 5.11. The number of nitrogens with zero attached hydrogens (tertiary/aromatic N) is 1. The zero-order valence-corrected chi connectivity index (χ0v) is 12.4. The molecule has 0 bridgehead atoms. The van der Waals surface area contributed by atoms with Gasteiger partial charge in [0.2, 0.25) is 5.91 Å². The number of imide groups is 1. The van der Waals surface area contributed by atoms with Crippen LogP contribution in [0.1, 0.15) is 24.8 Å². The third kappa shape index (κ3) is 2.03. The van der Waals surface area contributed by atoms with Gasteiger partial charge in [-0.2, -0.15) is 0 Å². The molecular weight excluding hydrogens is 301 g/mol. The summed E-state index contributed by atoms with van der Waals surface area (Å²) in [7, 11) is 0. The lowest BCUT2D eigenvalue weighted by Gasteiger charge is -2.25. The van der Waals surface area contributed by atoms with Gasteiger partial charge in [-0.3, -0.25) is 14.9 Å². The van der Waals surface area contributed by atoms with Gasteiger partial charge in [-0.25, -0.2) is 9.18 Å². The highest BCUT2D eigenvalue weighted by Gasteiger charge is 2.58. The standard InChI is InChI=1S/C16H16FN3O3/c17-11-3-1-2-10(8-11)15(4-5-15)13(22)20-7-6-16(9-20)12(21)18-14(23)19-16/h1-3,8H,4-7,9H2,(H2,18,19,21,23)/t16-/m1/s1. The van der Waals surface area contributed by atoms with Gasteiger partial charge in [0.05, 0.1) is 12.0 Å². The molecule has 1 aromatic carbocycles. The van der Waals surface area contributed by atoms with Crippen LogP contribution in [0.25, 0.3) is 0 Å². The van der Waals surface area contributed by atoms with Crippen LogP contribution in [0.4, 0.5) is 9.18 Å². The minimum absolute atomic E-state index is 0.0890. The summed E-state index contributed by atoms with van der Waals surface area (Å²) in [5.74, 6) is -0.829. The Morgan fingerprint density at radius 2 is 2.00 bits per heavy atom. The molecule has 0 radical (unpaired) electrons. The number of amides is 4. The maximum absolute atomic E-state index is 13.5. The number of benzene rings is 1. The number of carbonyl (C=O) groups excluding carboxylic acids is 3. The van der Waals surface area contributed by atoms with E-state index < -0.39 is 17.0 Å². The molecule has 1 aromatic rings. The lowest BCUT2D eigenvalue weighted by Crippen LogP contribution is -2.50. The molecule has 3 aliphatic rings. The van der Waals surface area contributed by atoms with Crippen molar-refractivity contribution in [3.63, 3.8) is 0 Å². The molecule has 2 saturated heterocycles. The van der Waals surface area contributed by atoms with Crippen LogP contribution in [0.3, 0.4) is 0 Å². The Morgan fingerprint density at radius 3 is 2.61 bits per heavy atom. The number of rotatable bonds is 2. The van der Waals surface area contributed by atoms with Crippen molar-refractivity contribution in [3.05, 3.63) is 35.6 Å². The maximum atomic E-state index is 13.5. The molecule has 2 N–H and O–H groups in total. The van der Waals surface area contributed by atoms with Crippen LogP contribution >= 0.6 is 0 Å². The second-order valence-corrected chi connectivity index (χ2v) is 6.56. The minimum atomic E-state index is -1.01. The van der Waals surface area contributed by atoms with E-state index in [0.29, 0.717) is 31.4 Å². The number of urea groups is 1. The van der Waals surface area contributed by atoms with Crippen LogP contribution in [-0.4, -0.2) is 41.4 Å². The summed E-state index contributed by atoms with van der Waals surface area (Å²) in [5.41, 5.74) is -0.999. The van der Waals surface area contributed by atoms with E-state index in [4.69, 9.17) is 0 Å². The molecule has 7 heteroatoms. The molecule has 1 spiro atoms. The molecule has 2 aliphatic heterocycles. The minimum Gasteiger partial charge on any atom is -0.339 e. The normalized spacial score (nSPS) is 28.0. The summed E-state index contributed by atoms with van der Waals surface area (Å²) >= 11 is 0. The van der Waals surface area contributed by atoms with Gasteiger partial charge in [0.15, 0.2) is 0 Å². The van der Waals surface area contributed by atoms with Crippen LogP contribution in [0.2, 0.25) is 0 Å². The highest BCUT2D eigenvalue weighted by molar-refractivity contribution is 6.08. The number of hydrogen-bond donors (Lipinski definition) is 2. The highest BCUT2D eigenvalue weighted by Crippen LogP contribution is 2.50. The van der Waals surface area contributed by atoms with Crippen LogP contribution < -0.4 is 10.6 Å². The van der Waals surface area contributed by atoms with E-state index in [-0.39, 0.29) is 24.2 Å². The van der Waals surface area contributed by atoms with Gasteiger partial charge in [0, 0.05) is 6.54 Å². The van der Waals surface area contributed by atoms with E-state index in [9.17, 15) is 18.8 Å². The van der Waals surface area contributed by atoms with Gasteiger partial charge in [-0.05, 0) is 37.0 Å². The molecule has 3 fully saturated rings. The van der Waals surface area contributed by atoms with Crippen molar-refractivity contribution in [2.24, 2.45) is 0 Å². The maximum Gasteiger partial charge on any atom is 0.322 e. The third-order valence-electron chi connectivity index (χ3n) is 5.11. The molecule has 0 unspecified atom stereocenters. The van der Waals surface area contributed by atoms with Gasteiger partial charge >= 0.3 is 6.03 Å². The van der Waals surface area contributed by atoms with Crippen molar-refractivity contribution in [2.45, 2.75) is 30.2 Å². The molecule has 6 nitrogen and oxygen atoms in total. The molecule has 4 rings (SSSR count). The van der Waals surface area contributed by atoms with Gasteiger partial charge in [-0.1, -0.05) is 12.1 Å². The fourth-order valence-electron chi connectivity index (χ4n) is 3.64. The molecule has 120 valence electrons. The Bertz CT molecular complexity index is 731. The van der Waals surface area contributed by atoms with Gasteiger partial charge in [0.1, 0.15) is 11.4 Å². The fourth-order valence-corrected chi connectivity index (χ4v) is 3.64. The predicted octanol–water partition coefficient (Wildman–Crippen LogP) is 0.668. The van der Waals surface area contributed by atoms with E-state index in [1.54, 1.807) is 17.0 Å². The van der Waals surface area contributed by atoms with Gasteiger partial charge in [0.25, 0.3) is 5.91 Å². The molecular formula is C16H16FN3O3. The first-order valence-corrected chi connectivity index (χ1v) is 7.64. The topological polar surface area (TPSA) is 78.5 Å². The lowest BCUT2D eigenvalue weighted by atomic mass is 9.94. The van der Waals surface area contributed by atoms with Crippen molar-refractivity contribution in [1.82, 2.24) is 15.5 Å². The molecule has 2 heterocycles. The van der Waals surface area contributed by atoms with E-state index in [0.717, 1.165) is 0 Å². The monoisotopic (exact) mass is 317 g/mol. The summed E-state index contributed by atoms with van der Waals surface area (Å²) in [6, 6.07) is 5.61. The molecule has 1 aliphatic carbocycles. The van der Waals surface area contributed by atoms with E-state index >= 15 is 0 Å². The largest absolute Gasteiger partial charge is 0.339 e. The number of halogens is 1. The molecule has 1 saturated carbocycles. The predicted molar refractivity (Wildman–Crippen MR) is 77.9 cm³/mol. The second-order valence-electron chi connectivity index (χ2n) is 6.56. The Balaban J connectivity index is 1.57. The van der Waals surface area contributed by atoms with E-state index in [1.165, 1.54) is 12.1 Å². The number of carbonyl (C=O) groups is 3. The van der Waals surface area contributed by atoms with Crippen molar-refractivity contribution in [2.75, 3.05) is 13.1 Å². The summed E-state index contributed by atoms with van der Waals surface area (Å²) in [4.78, 5) is 37.9. The second kappa shape index (κ2) is 4.53. The molecule has 4 amide bonds. The van der Waals surface area contributed by atoms with Gasteiger partial charge in [-0.15, -0.1) is 0 Å². The smallest absolute Gasteiger partial charge is 0.322 e. The van der Waals surface area contributed by atoms with Crippen molar-refractivity contribution >= 4 is 17.8 Å². The average molecular weight is 317 g/mol. The van der Waals surface area contributed by atoms with Crippen LogP contribution in [0.15, 0.2) is 24.3 Å². The quantitative estimate of drug-likeness (QED) is 0.787. The van der Waals surface area contributed by atoms with Gasteiger partial charge < -0.3 is 10.2 Å². The van der Waals surface area contributed by atoms with E-state index in [2.05, 4.69) is 10.6 Å². The molecule has 23 heavy (non-hydrogen) atoms. The summed E-state index contributed by atoms with van der Waals surface area (Å²) in [6.45, 7) is 0.573. The zero-order valence-electron chi connectivity index (χ0n) is 12.4. The Morgan fingerprint density at radius 1 is 1.22 bits per heavy atom. The van der Waals surface area contributed by atoms with Crippen molar-refractivity contribution in [1.29, 1.82) is 0 Å². The molecule has 1 atom stereocenters. The lowest BCUT2D eigenvalue weighted by molar-refractivity contribution is -0.133. The Hall–Kier alpha value is -2.44. The van der Waals surface area contributed by atoms with E-state index in [1.807, 2.05) is 0 Å². The first kappa shape index (κ1) is 14.2. The molecule has 0 aromatic heterocycles. The van der Waals surface area contributed by atoms with Crippen molar-refractivity contribution < 1.29 is 18.8 Å². The summed E-state index contributed by atoms with van der Waals surface area (Å²) < 4.78 is 13.5. The SMILES string of the molecule is O=C1NC(=O)[C@]2(CCN(C(=O)C3(c4cccc(F)c4)CC3)C2)N1. The summed E-state index contributed by atoms with van der Waals surface area (Å²) in [6.07, 6.45) is 1.75. The number of nitrogens with one attached hydrogen (secondary N) is 2. The Labute approximate surface area is 132 Å². The fraction of sp³-hybridized carbons (Fsp3) is 0.438. The average Bonchev–Trinajstić information content (AvgIpc) is 3.14. The highest BCUT2D eigenvalue weighted by atomic mass is 19.1. The first-order chi connectivity index (χ1) is 11.0. The van der Waals surface area contributed by atoms with Crippen molar-refractivity contribution in [3.8, 4) is 0 Å². The number of likely N-dealkylation sites (tertiary alicyclic amines) is 1. The summed E-state index contributed by atoms with van der Waals surface area (Å²) in [5, 5.41) is 4.86. The van der Waals surface area contributed by atoms with Crippen LogP contribution in [0, 0.1) is 5.82 Å². The Kier molecular flexibility index (Phi) is 2.79. The van der Waals surface area contributed by atoms with Crippen LogP contribution in [0.5, 0.6) is 0 Å². The first-order valence-electron chi connectivity index (χ1n) is 7.64.